The van der Waals surface area contributed by atoms with Gasteiger partial charge in [-0.15, -0.1) is 0 Å². The lowest BCUT2D eigenvalue weighted by atomic mass is 10.0. The summed E-state index contributed by atoms with van der Waals surface area (Å²) in [5.74, 6) is 1.92. The summed E-state index contributed by atoms with van der Waals surface area (Å²) in [5.41, 5.74) is 1.00. The lowest BCUT2D eigenvalue weighted by Gasteiger charge is -2.23. The number of hydrogen-bond acceptors (Lipinski definition) is 6. The Hall–Kier alpha value is -1.37. The minimum atomic E-state index is -2.98. The molecule has 0 unspecified atom stereocenters. The van der Waals surface area contributed by atoms with Gasteiger partial charge < -0.3 is 10.2 Å². The van der Waals surface area contributed by atoms with Crippen molar-refractivity contribution in [2.24, 2.45) is 0 Å². The molecule has 0 atom stereocenters. The molecule has 108 valence electrons. The van der Waals surface area contributed by atoms with Crippen molar-refractivity contribution in [2.45, 2.75) is 19.8 Å². The van der Waals surface area contributed by atoms with Gasteiger partial charge in [0.15, 0.2) is 0 Å². The molecular formula is C12H22N4O2S. The number of anilines is 2. The fourth-order valence-electron chi connectivity index (χ4n) is 1.83. The fraction of sp³-hybridized carbons (Fsp3) is 0.667. The molecule has 0 saturated carbocycles. The average molecular weight is 286 g/mol. The van der Waals surface area contributed by atoms with Crippen LogP contribution in [0.4, 0.5) is 11.6 Å². The number of rotatable bonds is 6. The van der Waals surface area contributed by atoms with E-state index in [1.54, 1.807) is 0 Å². The summed E-state index contributed by atoms with van der Waals surface area (Å²) in [6, 6.07) is 0. The molecule has 1 aromatic heterocycles. The molecule has 7 heteroatoms. The first-order valence-electron chi connectivity index (χ1n) is 6.17. The zero-order valence-electron chi connectivity index (χ0n) is 12.1. The molecule has 0 spiro atoms. The first kappa shape index (κ1) is 15.7. The van der Waals surface area contributed by atoms with Crippen LogP contribution in [0.1, 0.15) is 25.3 Å². The molecule has 0 fully saturated rings. The second-order valence-electron chi connectivity index (χ2n) is 4.92. The molecule has 0 radical (unpaired) electrons. The van der Waals surface area contributed by atoms with Gasteiger partial charge in [-0.25, -0.2) is 18.4 Å². The summed E-state index contributed by atoms with van der Waals surface area (Å²) >= 11 is 0. The van der Waals surface area contributed by atoms with Gasteiger partial charge >= 0.3 is 0 Å². The Balaban J connectivity index is 3.05. The Bertz CT molecular complexity index is 529. The zero-order chi connectivity index (χ0) is 14.6. The maximum Gasteiger partial charge on any atom is 0.149 e. The van der Waals surface area contributed by atoms with Gasteiger partial charge in [-0.05, 0) is 5.92 Å². The Morgan fingerprint density at radius 2 is 2.00 bits per heavy atom. The van der Waals surface area contributed by atoms with Crippen LogP contribution >= 0.6 is 0 Å². The van der Waals surface area contributed by atoms with Gasteiger partial charge in [0.2, 0.25) is 0 Å². The minimum absolute atomic E-state index is 0.111. The van der Waals surface area contributed by atoms with Gasteiger partial charge in [0.05, 0.1) is 5.75 Å². The van der Waals surface area contributed by atoms with Gasteiger partial charge in [-0.2, -0.15) is 0 Å². The third-order valence-corrected chi connectivity index (χ3v) is 3.76. The maximum atomic E-state index is 11.2. The molecule has 0 aliphatic carbocycles. The lowest BCUT2D eigenvalue weighted by molar-refractivity contribution is 0.601. The van der Waals surface area contributed by atoms with Gasteiger partial charge in [-0.1, -0.05) is 13.8 Å². The van der Waals surface area contributed by atoms with Crippen LogP contribution in [-0.4, -0.2) is 51.0 Å². The van der Waals surface area contributed by atoms with Crippen LogP contribution in [0, 0.1) is 0 Å². The van der Waals surface area contributed by atoms with Gasteiger partial charge in [0.25, 0.3) is 0 Å². The summed E-state index contributed by atoms with van der Waals surface area (Å²) in [6.07, 6.45) is 2.73. The van der Waals surface area contributed by atoms with E-state index in [2.05, 4.69) is 29.1 Å². The molecule has 0 bridgehead atoms. The van der Waals surface area contributed by atoms with Crippen molar-refractivity contribution in [1.82, 2.24) is 9.97 Å². The van der Waals surface area contributed by atoms with E-state index in [1.165, 1.54) is 12.6 Å². The molecule has 1 rings (SSSR count). The highest BCUT2D eigenvalue weighted by Crippen LogP contribution is 2.29. The fourth-order valence-corrected chi connectivity index (χ4v) is 2.44. The lowest BCUT2D eigenvalue weighted by Crippen LogP contribution is -2.27. The SMILES string of the molecule is CNc1ncnc(N(C)CCS(C)(=O)=O)c1C(C)C. The highest BCUT2D eigenvalue weighted by atomic mass is 32.2. The standard InChI is InChI=1S/C12H22N4O2S/c1-9(2)10-11(13-3)14-8-15-12(10)16(4)6-7-19(5,17)18/h8-9H,6-7H2,1-5H3,(H,13,14,15). The van der Waals surface area contributed by atoms with Gasteiger partial charge in [-0.3, -0.25) is 0 Å². The monoisotopic (exact) mass is 286 g/mol. The van der Waals surface area contributed by atoms with Crippen LogP contribution in [0.5, 0.6) is 0 Å². The second kappa shape index (κ2) is 6.18. The molecule has 0 amide bonds. The summed E-state index contributed by atoms with van der Waals surface area (Å²) in [6.45, 7) is 4.54. The van der Waals surface area contributed by atoms with Crippen molar-refractivity contribution >= 4 is 21.5 Å². The topological polar surface area (TPSA) is 75.2 Å². The third kappa shape index (κ3) is 4.34. The number of aromatic nitrogens is 2. The largest absolute Gasteiger partial charge is 0.373 e. The van der Waals surface area contributed by atoms with Gasteiger partial charge in [0, 0.05) is 32.5 Å². The molecule has 1 aromatic rings. The van der Waals surface area contributed by atoms with E-state index in [0.29, 0.717) is 6.54 Å². The molecule has 1 N–H and O–H groups in total. The zero-order valence-corrected chi connectivity index (χ0v) is 13.0. The van der Waals surface area contributed by atoms with Crippen molar-refractivity contribution in [2.75, 3.05) is 42.9 Å². The van der Waals surface area contributed by atoms with Crippen molar-refractivity contribution in [3.63, 3.8) is 0 Å². The van der Waals surface area contributed by atoms with Gasteiger partial charge in [0.1, 0.15) is 27.8 Å². The van der Waals surface area contributed by atoms with Crippen LogP contribution in [-0.2, 0) is 9.84 Å². The van der Waals surface area contributed by atoms with E-state index in [9.17, 15) is 8.42 Å². The summed E-state index contributed by atoms with van der Waals surface area (Å²) in [7, 11) is 0.683. The van der Waals surface area contributed by atoms with Crippen molar-refractivity contribution < 1.29 is 8.42 Å². The van der Waals surface area contributed by atoms with Crippen molar-refractivity contribution in [3.05, 3.63) is 11.9 Å². The molecule has 0 aromatic carbocycles. The van der Waals surface area contributed by atoms with Crippen LogP contribution in [0.2, 0.25) is 0 Å². The summed E-state index contributed by atoms with van der Waals surface area (Å²) < 4.78 is 22.5. The Morgan fingerprint density at radius 1 is 1.37 bits per heavy atom. The molecule has 0 aliphatic rings. The average Bonchev–Trinajstić information content (AvgIpc) is 2.33. The van der Waals surface area contributed by atoms with E-state index in [4.69, 9.17) is 0 Å². The molecular weight excluding hydrogens is 264 g/mol. The first-order valence-corrected chi connectivity index (χ1v) is 8.23. The molecule has 1 heterocycles. The summed E-state index contributed by atoms with van der Waals surface area (Å²) in [4.78, 5) is 10.4. The quantitative estimate of drug-likeness (QED) is 0.844. The molecule has 6 nitrogen and oxygen atoms in total. The first-order chi connectivity index (χ1) is 8.76. The highest BCUT2D eigenvalue weighted by molar-refractivity contribution is 7.90. The number of nitrogens with one attached hydrogen (secondary N) is 1. The predicted octanol–water partition coefficient (Wildman–Crippen LogP) is 1.12. The van der Waals surface area contributed by atoms with E-state index in [-0.39, 0.29) is 11.7 Å². The number of hydrogen-bond donors (Lipinski definition) is 1. The second-order valence-corrected chi connectivity index (χ2v) is 7.18. The van der Waals surface area contributed by atoms with Crippen LogP contribution in [0.15, 0.2) is 6.33 Å². The summed E-state index contributed by atoms with van der Waals surface area (Å²) in [5, 5.41) is 3.05. The van der Waals surface area contributed by atoms with E-state index in [0.717, 1.165) is 17.2 Å². The Labute approximate surface area is 115 Å². The van der Waals surface area contributed by atoms with Crippen molar-refractivity contribution in [3.8, 4) is 0 Å². The van der Waals surface area contributed by atoms with Crippen LogP contribution < -0.4 is 10.2 Å². The Morgan fingerprint density at radius 3 is 2.47 bits per heavy atom. The minimum Gasteiger partial charge on any atom is -0.373 e. The van der Waals surface area contributed by atoms with Crippen LogP contribution in [0.3, 0.4) is 0 Å². The number of sulfone groups is 1. The van der Waals surface area contributed by atoms with Crippen LogP contribution in [0.25, 0.3) is 0 Å². The highest BCUT2D eigenvalue weighted by Gasteiger charge is 2.17. The normalized spacial score (nSPS) is 11.7. The molecule has 19 heavy (non-hydrogen) atoms. The molecule has 0 saturated heterocycles. The van der Waals surface area contributed by atoms with E-state index in [1.807, 2.05) is 19.0 Å². The third-order valence-electron chi connectivity index (χ3n) is 2.84. The van der Waals surface area contributed by atoms with Crippen molar-refractivity contribution in [1.29, 1.82) is 0 Å². The maximum absolute atomic E-state index is 11.2. The number of nitrogens with zero attached hydrogens (tertiary/aromatic N) is 3. The smallest absolute Gasteiger partial charge is 0.149 e. The predicted molar refractivity (Wildman–Crippen MR) is 78.6 cm³/mol. The Kier molecular flexibility index (Phi) is 5.11. The van der Waals surface area contributed by atoms with E-state index >= 15 is 0 Å². The van der Waals surface area contributed by atoms with E-state index < -0.39 is 9.84 Å². The molecule has 0 aliphatic heterocycles.